The van der Waals surface area contributed by atoms with Crippen LogP contribution in [0.15, 0.2) is 25.0 Å². The van der Waals surface area contributed by atoms with Gasteiger partial charge in [-0.1, -0.05) is 0 Å². The van der Waals surface area contributed by atoms with E-state index in [9.17, 15) is 0 Å². The van der Waals surface area contributed by atoms with Crippen LogP contribution in [0.3, 0.4) is 0 Å². The molecule has 2 aliphatic heterocycles. The Labute approximate surface area is 117 Å². The summed E-state index contributed by atoms with van der Waals surface area (Å²) in [4.78, 5) is 15.4. The number of nitrogens with zero attached hydrogens (tertiary/aromatic N) is 6. The van der Waals surface area contributed by atoms with E-state index in [0.717, 1.165) is 25.5 Å². The Morgan fingerprint density at radius 1 is 1.15 bits per heavy atom. The number of nitrogens with one attached hydrogen (secondary N) is 1. The normalized spacial score (nSPS) is 25.7. The Morgan fingerprint density at radius 2 is 2.10 bits per heavy atom. The summed E-state index contributed by atoms with van der Waals surface area (Å²) in [6.07, 6.45) is 10.4. The van der Waals surface area contributed by atoms with Crippen molar-refractivity contribution in [2.24, 2.45) is 0 Å². The molecule has 2 saturated heterocycles. The molecule has 7 heteroatoms. The maximum absolute atomic E-state index is 4.71. The van der Waals surface area contributed by atoms with Crippen molar-refractivity contribution >= 4 is 5.82 Å². The van der Waals surface area contributed by atoms with Crippen molar-refractivity contribution in [3.63, 3.8) is 0 Å². The minimum Gasteiger partial charge on any atom is -0.348 e. The van der Waals surface area contributed by atoms with Gasteiger partial charge in [-0.05, 0) is 25.8 Å². The molecule has 0 bridgehead atoms. The van der Waals surface area contributed by atoms with Crippen LogP contribution in [0.4, 0.5) is 5.82 Å². The van der Waals surface area contributed by atoms with E-state index in [-0.39, 0.29) is 5.54 Å². The Balaban J connectivity index is 1.70. The van der Waals surface area contributed by atoms with Crippen LogP contribution in [0.2, 0.25) is 0 Å². The second-order valence-electron chi connectivity index (χ2n) is 5.48. The number of hydrogen-bond acceptors (Lipinski definition) is 6. The predicted molar refractivity (Wildman–Crippen MR) is 73.7 cm³/mol. The Morgan fingerprint density at radius 3 is 2.90 bits per heavy atom. The minimum absolute atomic E-state index is 0.232. The average molecular weight is 271 g/mol. The molecule has 7 nitrogen and oxygen atoms in total. The van der Waals surface area contributed by atoms with Crippen LogP contribution in [0.25, 0.3) is 5.82 Å². The van der Waals surface area contributed by atoms with Crippen molar-refractivity contribution in [2.75, 3.05) is 24.5 Å². The highest BCUT2D eigenvalue weighted by molar-refractivity contribution is 5.45. The van der Waals surface area contributed by atoms with Gasteiger partial charge in [0.25, 0.3) is 0 Å². The lowest BCUT2D eigenvalue weighted by atomic mass is 9.95. The minimum atomic E-state index is 0.232. The van der Waals surface area contributed by atoms with Gasteiger partial charge in [-0.25, -0.2) is 14.6 Å². The molecule has 0 aromatic carbocycles. The first-order chi connectivity index (χ1) is 9.87. The molecule has 104 valence electrons. The first kappa shape index (κ1) is 11.8. The van der Waals surface area contributed by atoms with Crippen LogP contribution >= 0.6 is 0 Å². The summed E-state index contributed by atoms with van der Waals surface area (Å²) in [6, 6.07) is 0. The third-order valence-corrected chi connectivity index (χ3v) is 4.36. The van der Waals surface area contributed by atoms with Gasteiger partial charge in [-0.2, -0.15) is 5.10 Å². The summed E-state index contributed by atoms with van der Waals surface area (Å²) in [5, 5.41) is 7.59. The summed E-state index contributed by atoms with van der Waals surface area (Å²) >= 11 is 0. The van der Waals surface area contributed by atoms with Gasteiger partial charge < -0.3 is 10.2 Å². The second kappa shape index (κ2) is 4.52. The van der Waals surface area contributed by atoms with Gasteiger partial charge in [-0.3, -0.25) is 4.98 Å². The van der Waals surface area contributed by atoms with Gasteiger partial charge in [0.2, 0.25) is 0 Å². The van der Waals surface area contributed by atoms with Crippen LogP contribution < -0.4 is 10.2 Å². The SMILES string of the molecule is c1ncn(-c2cncc(N3CCCC34CCNC4)n2)n1. The van der Waals surface area contributed by atoms with Gasteiger partial charge in [0, 0.05) is 13.1 Å². The number of anilines is 1. The Kier molecular flexibility index (Phi) is 2.66. The number of aromatic nitrogens is 5. The van der Waals surface area contributed by atoms with Crippen molar-refractivity contribution in [1.82, 2.24) is 30.0 Å². The molecule has 4 rings (SSSR count). The van der Waals surface area contributed by atoms with Crippen LogP contribution in [-0.4, -0.2) is 49.9 Å². The zero-order chi connectivity index (χ0) is 13.4. The van der Waals surface area contributed by atoms with E-state index in [1.807, 2.05) is 6.20 Å². The van der Waals surface area contributed by atoms with Gasteiger partial charge in [0.1, 0.15) is 18.5 Å². The van der Waals surface area contributed by atoms with Gasteiger partial charge in [0.15, 0.2) is 5.82 Å². The molecule has 4 heterocycles. The smallest absolute Gasteiger partial charge is 0.175 e. The van der Waals surface area contributed by atoms with Crippen LogP contribution in [-0.2, 0) is 0 Å². The highest BCUT2D eigenvalue weighted by Crippen LogP contribution is 2.37. The van der Waals surface area contributed by atoms with Gasteiger partial charge >= 0.3 is 0 Å². The van der Waals surface area contributed by atoms with Crippen molar-refractivity contribution < 1.29 is 0 Å². The van der Waals surface area contributed by atoms with E-state index in [2.05, 4.69) is 25.3 Å². The fraction of sp³-hybridized carbons (Fsp3) is 0.538. The average Bonchev–Trinajstić information content (AvgIpc) is 3.22. The van der Waals surface area contributed by atoms with Gasteiger partial charge in [0.05, 0.1) is 17.9 Å². The molecular weight excluding hydrogens is 254 g/mol. The summed E-state index contributed by atoms with van der Waals surface area (Å²) in [5.41, 5.74) is 0.232. The lowest BCUT2D eigenvalue weighted by Gasteiger charge is -2.35. The fourth-order valence-corrected chi connectivity index (χ4v) is 3.38. The molecule has 1 atom stereocenters. The Bertz CT molecular complexity index is 583. The molecule has 0 amide bonds. The monoisotopic (exact) mass is 271 g/mol. The molecule has 0 aliphatic carbocycles. The molecule has 2 aliphatic rings. The molecule has 2 fully saturated rings. The van der Waals surface area contributed by atoms with Crippen molar-refractivity contribution in [3.05, 3.63) is 25.0 Å². The van der Waals surface area contributed by atoms with Crippen molar-refractivity contribution in [1.29, 1.82) is 0 Å². The lowest BCUT2D eigenvalue weighted by Crippen LogP contribution is -2.46. The highest BCUT2D eigenvalue weighted by atomic mass is 15.4. The maximum Gasteiger partial charge on any atom is 0.175 e. The van der Waals surface area contributed by atoms with Gasteiger partial charge in [-0.15, -0.1) is 0 Å². The quantitative estimate of drug-likeness (QED) is 0.852. The largest absolute Gasteiger partial charge is 0.348 e. The molecule has 2 aromatic heterocycles. The first-order valence-electron chi connectivity index (χ1n) is 7.03. The van der Waals surface area contributed by atoms with Crippen molar-refractivity contribution in [3.8, 4) is 5.82 Å². The van der Waals surface area contributed by atoms with E-state index in [0.29, 0.717) is 5.82 Å². The van der Waals surface area contributed by atoms with Crippen LogP contribution in [0, 0.1) is 0 Å². The molecule has 1 unspecified atom stereocenters. The third-order valence-electron chi connectivity index (χ3n) is 4.36. The Hall–Kier alpha value is -2.02. The third kappa shape index (κ3) is 1.77. The summed E-state index contributed by atoms with van der Waals surface area (Å²) in [6.45, 7) is 3.19. The molecule has 0 radical (unpaired) electrons. The van der Waals surface area contributed by atoms with Crippen molar-refractivity contribution in [2.45, 2.75) is 24.8 Å². The first-order valence-corrected chi connectivity index (χ1v) is 7.03. The summed E-state index contributed by atoms with van der Waals surface area (Å²) < 4.78 is 1.64. The maximum atomic E-state index is 4.71. The van der Waals surface area contributed by atoms with E-state index >= 15 is 0 Å². The summed E-state index contributed by atoms with van der Waals surface area (Å²) in [5.74, 6) is 1.66. The molecule has 20 heavy (non-hydrogen) atoms. The molecule has 1 N–H and O–H groups in total. The standard InChI is InChI=1S/C13H17N7/c1-2-13(3-4-14-8-13)19(5-1)11-6-15-7-12(18-11)20-10-16-9-17-20/h6-7,9-10,14H,1-5,8H2. The van der Waals surface area contributed by atoms with Crippen LogP contribution in [0.1, 0.15) is 19.3 Å². The van der Waals surface area contributed by atoms with E-state index in [1.54, 1.807) is 17.2 Å². The topological polar surface area (TPSA) is 71.8 Å². The second-order valence-corrected chi connectivity index (χ2v) is 5.48. The number of rotatable bonds is 2. The van der Waals surface area contributed by atoms with E-state index < -0.39 is 0 Å². The molecule has 2 aromatic rings. The van der Waals surface area contributed by atoms with Crippen LogP contribution in [0.5, 0.6) is 0 Å². The highest BCUT2D eigenvalue weighted by Gasteiger charge is 2.43. The summed E-state index contributed by atoms with van der Waals surface area (Å²) in [7, 11) is 0. The fourth-order valence-electron chi connectivity index (χ4n) is 3.38. The van der Waals surface area contributed by atoms with E-state index in [4.69, 9.17) is 4.98 Å². The number of hydrogen-bond donors (Lipinski definition) is 1. The zero-order valence-electron chi connectivity index (χ0n) is 11.2. The zero-order valence-corrected chi connectivity index (χ0v) is 11.2. The molecule has 1 spiro atoms. The van der Waals surface area contributed by atoms with E-state index in [1.165, 1.54) is 25.6 Å². The lowest BCUT2D eigenvalue weighted by molar-refractivity contribution is 0.463. The predicted octanol–water partition coefficient (Wildman–Crippen LogP) is 0.390. The molecule has 0 saturated carbocycles. The molecular formula is C13H17N7.